The zero-order chi connectivity index (χ0) is 16.5. The maximum atomic E-state index is 13.2. The van der Waals surface area contributed by atoms with Crippen molar-refractivity contribution in [2.75, 3.05) is 12.4 Å². The van der Waals surface area contributed by atoms with Crippen LogP contribution in [-0.4, -0.2) is 17.0 Å². The normalized spacial score (nSPS) is 12.7. The van der Waals surface area contributed by atoms with Gasteiger partial charge in [-0.1, -0.05) is 30.3 Å². The van der Waals surface area contributed by atoms with Crippen LogP contribution in [0.15, 0.2) is 54.9 Å². The standard InChI is InChI=1S/C20H16FN3/c1-22-20-7-6-15(11-24-20)13-2-4-14(5-3-13)16-8-17-10-19(21)23-12-18(17)9-16/h2-8,10-12H,9H2,1H3,(H,22,24). The fourth-order valence-electron chi connectivity index (χ4n) is 2.97. The molecule has 1 aliphatic carbocycles. The van der Waals surface area contributed by atoms with E-state index in [2.05, 4.69) is 39.6 Å². The Bertz CT molecular complexity index is 913. The number of anilines is 1. The molecule has 0 bridgehead atoms. The van der Waals surface area contributed by atoms with Crippen LogP contribution in [0, 0.1) is 5.95 Å². The number of benzene rings is 1. The predicted octanol–water partition coefficient (Wildman–Crippen LogP) is 4.42. The molecule has 1 N–H and O–H groups in total. The zero-order valence-electron chi connectivity index (χ0n) is 13.3. The maximum Gasteiger partial charge on any atom is 0.213 e. The van der Waals surface area contributed by atoms with Crippen molar-refractivity contribution in [3.63, 3.8) is 0 Å². The highest BCUT2D eigenvalue weighted by Gasteiger charge is 2.15. The lowest BCUT2D eigenvalue weighted by Gasteiger charge is -2.06. The highest BCUT2D eigenvalue weighted by Crippen LogP contribution is 2.32. The third kappa shape index (κ3) is 2.67. The van der Waals surface area contributed by atoms with Gasteiger partial charge in [0.2, 0.25) is 5.95 Å². The Labute approximate surface area is 139 Å². The Morgan fingerprint density at radius 1 is 0.917 bits per heavy atom. The molecule has 2 heterocycles. The van der Waals surface area contributed by atoms with Crippen LogP contribution in [0.1, 0.15) is 16.7 Å². The van der Waals surface area contributed by atoms with Gasteiger partial charge in [0.05, 0.1) is 0 Å². The van der Waals surface area contributed by atoms with Crippen LogP contribution in [0.5, 0.6) is 0 Å². The van der Waals surface area contributed by atoms with E-state index in [9.17, 15) is 4.39 Å². The van der Waals surface area contributed by atoms with Crippen molar-refractivity contribution in [1.29, 1.82) is 0 Å². The summed E-state index contributed by atoms with van der Waals surface area (Å²) in [6.45, 7) is 0. The molecule has 3 aromatic rings. The van der Waals surface area contributed by atoms with Gasteiger partial charge in [0.15, 0.2) is 0 Å². The summed E-state index contributed by atoms with van der Waals surface area (Å²) in [6.07, 6.45) is 6.32. The molecular weight excluding hydrogens is 301 g/mol. The van der Waals surface area contributed by atoms with E-state index < -0.39 is 5.95 Å². The fraction of sp³-hybridized carbons (Fsp3) is 0.100. The monoisotopic (exact) mass is 317 g/mol. The molecule has 0 amide bonds. The largest absolute Gasteiger partial charge is 0.373 e. The average Bonchev–Trinajstić information content (AvgIpc) is 3.05. The molecule has 0 atom stereocenters. The van der Waals surface area contributed by atoms with Crippen LogP contribution in [0.4, 0.5) is 10.2 Å². The summed E-state index contributed by atoms with van der Waals surface area (Å²) in [5.74, 6) is 0.421. The van der Waals surface area contributed by atoms with Crippen molar-refractivity contribution >= 4 is 17.5 Å². The van der Waals surface area contributed by atoms with Crippen LogP contribution >= 0.6 is 0 Å². The SMILES string of the molecule is CNc1ccc(-c2ccc(C3=Cc4cc(F)ncc4C3)cc2)cn1. The minimum Gasteiger partial charge on any atom is -0.373 e. The van der Waals surface area contributed by atoms with E-state index in [0.29, 0.717) is 0 Å². The lowest BCUT2D eigenvalue weighted by atomic mass is 10.0. The van der Waals surface area contributed by atoms with Gasteiger partial charge in [0, 0.05) is 37.5 Å². The number of rotatable bonds is 3. The second-order valence-electron chi connectivity index (χ2n) is 5.81. The molecule has 118 valence electrons. The van der Waals surface area contributed by atoms with Crippen molar-refractivity contribution in [2.24, 2.45) is 0 Å². The third-order valence-electron chi connectivity index (χ3n) is 4.31. The summed E-state index contributed by atoms with van der Waals surface area (Å²) in [6, 6.07) is 13.9. The second kappa shape index (κ2) is 5.89. The summed E-state index contributed by atoms with van der Waals surface area (Å²) in [5.41, 5.74) is 6.53. The number of allylic oxidation sites excluding steroid dienone is 1. The molecule has 0 saturated carbocycles. The lowest BCUT2D eigenvalue weighted by Crippen LogP contribution is -1.91. The number of pyridine rings is 2. The number of hydrogen-bond donors (Lipinski definition) is 1. The Hall–Kier alpha value is -3.01. The molecular formula is C20H16FN3. The topological polar surface area (TPSA) is 37.8 Å². The first-order valence-electron chi connectivity index (χ1n) is 7.82. The molecule has 24 heavy (non-hydrogen) atoms. The third-order valence-corrected chi connectivity index (χ3v) is 4.31. The van der Waals surface area contributed by atoms with Crippen molar-refractivity contribution < 1.29 is 4.39 Å². The molecule has 0 fully saturated rings. The van der Waals surface area contributed by atoms with Crippen LogP contribution < -0.4 is 5.32 Å². The van der Waals surface area contributed by atoms with Crippen molar-refractivity contribution in [1.82, 2.24) is 9.97 Å². The predicted molar refractivity (Wildman–Crippen MR) is 95.0 cm³/mol. The quantitative estimate of drug-likeness (QED) is 0.727. The van der Waals surface area contributed by atoms with Gasteiger partial charge < -0.3 is 5.32 Å². The van der Waals surface area contributed by atoms with Crippen LogP contribution in [-0.2, 0) is 6.42 Å². The van der Waals surface area contributed by atoms with Gasteiger partial charge in [-0.25, -0.2) is 9.97 Å². The highest BCUT2D eigenvalue weighted by molar-refractivity contribution is 5.88. The van der Waals surface area contributed by atoms with Crippen molar-refractivity contribution in [2.45, 2.75) is 6.42 Å². The molecule has 3 nitrogen and oxygen atoms in total. The van der Waals surface area contributed by atoms with Gasteiger partial charge >= 0.3 is 0 Å². The molecule has 2 aromatic heterocycles. The van der Waals surface area contributed by atoms with E-state index in [1.165, 1.54) is 11.6 Å². The van der Waals surface area contributed by atoms with E-state index in [0.717, 1.165) is 40.1 Å². The Morgan fingerprint density at radius 3 is 2.38 bits per heavy atom. The van der Waals surface area contributed by atoms with Gasteiger partial charge in [0.25, 0.3) is 0 Å². The molecule has 1 aliphatic rings. The van der Waals surface area contributed by atoms with Gasteiger partial charge in [-0.3, -0.25) is 0 Å². The van der Waals surface area contributed by atoms with E-state index in [-0.39, 0.29) is 0 Å². The van der Waals surface area contributed by atoms with Gasteiger partial charge in [-0.15, -0.1) is 0 Å². The van der Waals surface area contributed by atoms with Crippen LogP contribution in [0.2, 0.25) is 0 Å². The molecule has 0 unspecified atom stereocenters. The van der Waals surface area contributed by atoms with Gasteiger partial charge in [-0.05, 0) is 40.0 Å². The summed E-state index contributed by atoms with van der Waals surface area (Å²) in [4.78, 5) is 8.08. The molecule has 4 heteroatoms. The molecule has 1 aromatic carbocycles. The van der Waals surface area contributed by atoms with Gasteiger partial charge in [-0.2, -0.15) is 4.39 Å². The number of fused-ring (bicyclic) bond motifs is 1. The lowest BCUT2D eigenvalue weighted by molar-refractivity contribution is 0.582. The number of aromatic nitrogens is 2. The molecule has 0 radical (unpaired) electrons. The van der Waals surface area contributed by atoms with Gasteiger partial charge in [0.1, 0.15) is 5.82 Å². The summed E-state index contributed by atoms with van der Waals surface area (Å²) in [5, 5.41) is 3.01. The highest BCUT2D eigenvalue weighted by atomic mass is 19.1. The Morgan fingerprint density at radius 2 is 1.67 bits per heavy atom. The minimum atomic E-state index is -0.431. The Balaban J connectivity index is 1.59. The van der Waals surface area contributed by atoms with E-state index >= 15 is 0 Å². The number of hydrogen-bond acceptors (Lipinski definition) is 3. The summed E-state index contributed by atoms with van der Waals surface area (Å²) in [7, 11) is 1.85. The first-order valence-corrected chi connectivity index (χ1v) is 7.82. The van der Waals surface area contributed by atoms with E-state index in [1.807, 2.05) is 31.5 Å². The molecule has 0 aliphatic heterocycles. The van der Waals surface area contributed by atoms with E-state index in [4.69, 9.17) is 0 Å². The molecule has 4 rings (SSSR count). The summed E-state index contributed by atoms with van der Waals surface area (Å²) < 4.78 is 13.2. The average molecular weight is 317 g/mol. The summed E-state index contributed by atoms with van der Waals surface area (Å²) >= 11 is 0. The first-order chi connectivity index (χ1) is 11.7. The fourth-order valence-corrected chi connectivity index (χ4v) is 2.97. The minimum absolute atomic E-state index is 0.431. The van der Waals surface area contributed by atoms with Crippen LogP contribution in [0.3, 0.4) is 0 Å². The second-order valence-corrected chi connectivity index (χ2v) is 5.81. The Kier molecular flexibility index (Phi) is 3.58. The van der Waals surface area contributed by atoms with E-state index in [1.54, 1.807) is 6.20 Å². The molecule has 0 spiro atoms. The smallest absolute Gasteiger partial charge is 0.213 e. The number of halogens is 1. The number of nitrogens with zero attached hydrogens (tertiary/aromatic N) is 2. The maximum absolute atomic E-state index is 13.2. The number of nitrogens with one attached hydrogen (secondary N) is 1. The first kappa shape index (κ1) is 14.6. The molecule has 0 saturated heterocycles. The zero-order valence-corrected chi connectivity index (χ0v) is 13.3. The van der Waals surface area contributed by atoms with Crippen molar-refractivity contribution in [3.05, 3.63) is 77.5 Å². The van der Waals surface area contributed by atoms with Crippen molar-refractivity contribution in [3.8, 4) is 11.1 Å². The van der Waals surface area contributed by atoms with Crippen LogP contribution in [0.25, 0.3) is 22.8 Å².